The minimum Gasteiger partial charge on any atom is -0.497 e. The third-order valence-electron chi connectivity index (χ3n) is 2.47. The Morgan fingerprint density at radius 3 is 2.78 bits per heavy atom. The lowest BCUT2D eigenvalue weighted by molar-refractivity contribution is -0.136. The molecule has 0 spiro atoms. The van der Waals surface area contributed by atoms with Crippen molar-refractivity contribution in [2.24, 2.45) is 0 Å². The zero-order valence-corrected chi connectivity index (χ0v) is 12.4. The number of carbonyl (C=O) groups is 1. The molecular weight excluding hydrogens is 347 g/mol. The highest BCUT2D eigenvalue weighted by Gasteiger charge is 2.16. The second-order valence-corrected chi connectivity index (χ2v) is 4.25. The molecule has 1 atom stereocenters. The average Bonchev–Trinajstić information content (AvgIpc) is 2.43. The maximum atomic E-state index is 11.4. The summed E-state index contributed by atoms with van der Waals surface area (Å²) in [5.74, 6) is 0.246. The molecule has 0 fully saturated rings. The third kappa shape index (κ3) is 3.99. The Morgan fingerprint density at radius 1 is 1.50 bits per heavy atom. The quantitative estimate of drug-likeness (QED) is 0.497. The normalized spacial score (nSPS) is 13.0. The predicted molar refractivity (Wildman–Crippen MR) is 76.7 cm³/mol. The third-order valence-corrected chi connectivity index (χ3v) is 3.22. The van der Waals surface area contributed by atoms with Crippen molar-refractivity contribution in [1.29, 1.82) is 0 Å². The van der Waals surface area contributed by atoms with Crippen LogP contribution in [0.5, 0.6) is 5.75 Å². The molecule has 1 unspecified atom stereocenters. The van der Waals surface area contributed by atoms with Gasteiger partial charge in [0.25, 0.3) is 0 Å². The summed E-state index contributed by atoms with van der Waals surface area (Å²) >= 11 is 1.96. The predicted octanol–water partition coefficient (Wildman–Crippen LogP) is 2.61. The van der Waals surface area contributed by atoms with Crippen LogP contribution in [-0.2, 0) is 9.53 Å². The number of benzene rings is 1. The molecule has 4 nitrogen and oxygen atoms in total. The largest absolute Gasteiger partial charge is 0.497 e. The summed E-state index contributed by atoms with van der Waals surface area (Å²) in [6.07, 6.45) is -0.553. The number of esters is 1. The highest BCUT2D eigenvalue weighted by atomic mass is 127. The van der Waals surface area contributed by atoms with Gasteiger partial charge in [-0.1, -0.05) is 34.7 Å². The van der Waals surface area contributed by atoms with E-state index in [9.17, 15) is 9.90 Å². The zero-order valence-electron chi connectivity index (χ0n) is 10.2. The molecule has 5 heteroatoms. The van der Waals surface area contributed by atoms with Crippen molar-refractivity contribution >= 4 is 28.6 Å². The van der Waals surface area contributed by atoms with Gasteiger partial charge in [-0.15, -0.1) is 0 Å². The van der Waals surface area contributed by atoms with Crippen LogP contribution in [0, 0.1) is 0 Å². The van der Waals surface area contributed by atoms with Crippen LogP contribution in [0.4, 0.5) is 0 Å². The van der Waals surface area contributed by atoms with Crippen LogP contribution in [0.2, 0.25) is 0 Å². The van der Waals surface area contributed by atoms with Crippen molar-refractivity contribution in [1.82, 2.24) is 0 Å². The Balaban J connectivity index is 2.80. The van der Waals surface area contributed by atoms with E-state index in [1.165, 1.54) is 7.11 Å². The Kier molecular flexibility index (Phi) is 6.14. The highest BCUT2D eigenvalue weighted by molar-refractivity contribution is 14.1. The number of aliphatic hydroxyl groups is 1. The lowest BCUT2D eigenvalue weighted by Gasteiger charge is -2.13. The van der Waals surface area contributed by atoms with E-state index in [-0.39, 0.29) is 6.42 Å². The molecule has 1 N–H and O–H groups in total. The van der Waals surface area contributed by atoms with Gasteiger partial charge in [0, 0.05) is 12.0 Å². The monoisotopic (exact) mass is 362 g/mol. The van der Waals surface area contributed by atoms with E-state index >= 15 is 0 Å². The topological polar surface area (TPSA) is 55.8 Å². The van der Waals surface area contributed by atoms with Crippen LogP contribution in [0.1, 0.15) is 18.1 Å². The van der Waals surface area contributed by atoms with Gasteiger partial charge in [0.1, 0.15) is 5.75 Å². The minimum absolute atomic E-state index is 0.211. The first kappa shape index (κ1) is 15.0. The summed E-state index contributed by atoms with van der Waals surface area (Å²) in [6.45, 7) is 0. The lowest BCUT2D eigenvalue weighted by atomic mass is 10.0. The van der Waals surface area contributed by atoms with Crippen LogP contribution in [0.25, 0.3) is 0 Å². The molecule has 0 aromatic heterocycles. The maximum Gasteiger partial charge on any atom is 0.334 e. The van der Waals surface area contributed by atoms with Gasteiger partial charge in [-0.05, 0) is 21.8 Å². The van der Waals surface area contributed by atoms with Crippen molar-refractivity contribution in [3.05, 3.63) is 39.5 Å². The van der Waals surface area contributed by atoms with Gasteiger partial charge in [0.15, 0.2) is 0 Å². The molecule has 0 bridgehead atoms. The smallest absolute Gasteiger partial charge is 0.334 e. The number of aliphatic hydroxyl groups excluding tert-OH is 1. The molecule has 0 radical (unpaired) electrons. The van der Waals surface area contributed by atoms with E-state index in [0.717, 1.165) is 0 Å². The minimum atomic E-state index is -0.764. The number of rotatable bonds is 5. The van der Waals surface area contributed by atoms with Crippen LogP contribution >= 0.6 is 22.6 Å². The second kappa shape index (κ2) is 7.38. The molecule has 98 valence electrons. The van der Waals surface area contributed by atoms with Crippen LogP contribution in [0.15, 0.2) is 33.9 Å². The van der Waals surface area contributed by atoms with Gasteiger partial charge in [-0.3, -0.25) is 0 Å². The standard InChI is InChI=1S/C13H15IO4/c1-17-11-5-3-4-9(6-11)12(15)7-10(8-14)13(16)18-2/h3-6,8,12,15H,7H2,1-2H3/b10-8-. The number of ether oxygens (including phenoxy) is 2. The molecule has 0 aliphatic carbocycles. The first-order valence-corrected chi connectivity index (χ1v) is 6.56. The van der Waals surface area contributed by atoms with Gasteiger partial charge in [-0.25, -0.2) is 4.79 Å². The summed E-state index contributed by atoms with van der Waals surface area (Å²) in [5, 5.41) is 10.1. The molecule has 1 rings (SSSR count). The number of hydrogen-bond donors (Lipinski definition) is 1. The van der Waals surface area contributed by atoms with Crippen molar-refractivity contribution in [3.63, 3.8) is 0 Å². The highest BCUT2D eigenvalue weighted by Crippen LogP contribution is 2.25. The van der Waals surface area contributed by atoms with E-state index in [0.29, 0.717) is 16.9 Å². The molecule has 0 aliphatic heterocycles. The molecule has 0 aliphatic rings. The van der Waals surface area contributed by atoms with Crippen molar-refractivity contribution in [3.8, 4) is 5.75 Å². The van der Waals surface area contributed by atoms with E-state index in [2.05, 4.69) is 4.74 Å². The van der Waals surface area contributed by atoms with Crippen LogP contribution in [0.3, 0.4) is 0 Å². The second-order valence-electron chi connectivity index (χ2n) is 3.62. The summed E-state index contributed by atoms with van der Waals surface area (Å²) in [5.41, 5.74) is 1.14. The van der Waals surface area contributed by atoms with Crippen molar-refractivity contribution in [2.45, 2.75) is 12.5 Å². The van der Waals surface area contributed by atoms with Gasteiger partial charge >= 0.3 is 5.97 Å². The van der Waals surface area contributed by atoms with Gasteiger partial charge in [-0.2, -0.15) is 0 Å². The Labute approximate surface area is 120 Å². The first-order valence-electron chi connectivity index (χ1n) is 5.32. The molecule has 18 heavy (non-hydrogen) atoms. The fourth-order valence-corrected chi connectivity index (χ4v) is 1.99. The van der Waals surface area contributed by atoms with E-state index in [1.807, 2.05) is 22.6 Å². The molecular formula is C13H15IO4. The van der Waals surface area contributed by atoms with Crippen molar-refractivity contribution in [2.75, 3.05) is 14.2 Å². The SMILES string of the molecule is COC(=O)/C(=C\I)CC(O)c1cccc(OC)c1. The fraction of sp³-hybridized carbons (Fsp3) is 0.308. The zero-order chi connectivity index (χ0) is 13.5. The van der Waals surface area contributed by atoms with Crippen LogP contribution < -0.4 is 4.74 Å². The van der Waals surface area contributed by atoms with Gasteiger partial charge in [0.2, 0.25) is 0 Å². The van der Waals surface area contributed by atoms with Gasteiger partial charge in [0.05, 0.1) is 20.3 Å². The average molecular weight is 362 g/mol. The first-order chi connectivity index (χ1) is 8.62. The Morgan fingerprint density at radius 2 is 2.22 bits per heavy atom. The lowest BCUT2D eigenvalue weighted by Crippen LogP contribution is -2.08. The molecule has 1 aromatic carbocycles. The molecule has 0 heterocycles. The van der Waals surface area contributed by atoms with Crippen molar-refractivity contribution < 1.29 is 19.4 Å². The van der Waals surface area contributed by atoms with E-state index in [1.54, 1.807) is 35.5 Å². The van der Waals surface area contributed by atoms with E-state index in [4.69, 9.17) is 4.74 Å². The Hall–Kier alpha value is -1.08. The fourth-order valence-electron chi connectivity index (χ4n) is 1.48. The van der Waals surface area contributed by atoms with E-state index < -0.39 is 12.1 Å². The number of carbonyl (C=O) groups excluding carboxylic acids is 1. The number of methoxy groups -OCH3 is 2. The number of halogens is 1. The van der Waals surface area contributed by atoms with Gasteiger partial charge < -0.3 is 14.6 Å². The summed E-state index contributed by atoms with van der Waals surface area (Å²) < 4.78 is 11.3. The molecule has 0 amide bonds. The van der Waals surface area contributed by atoms with Crippen LogP contribution in [-0.4, -0.2) is 25.3 Å². The maximum absolute atomic E-state index is 11.4. The summed E-state index contributed by atoms with van der Waals surface area (Å²) in [6, 6.07) is 7.12. The molecule has 0 saturated heterocycles. The Bertz CT molecular complexity index is 442. The molecule has 1 aromatic rings. The summed E-state index contributed by atoms with van der Waals surface area (Å²) in [4.78, 5) is 11.4. The molecule has 0 saturated carbocycles. The number of hydrogen-bond acceptors (Lipinski definition) is 4. The summed E-state index contributed by atoms with van der Waals surface area (Å²) in [7, 11) is 2.89.